The number of methoxy groups -OCH3 is 2. The highest BCUT2D eigenvalue weighted by atomic mass is 32.2. The van der Waals surface area contributed by atoms with Gasteiger partial charge in [0.1, 0.15) is 5.82 Å². The summed E-state index contributed by atoms with van der Waals surface area (Å²) in [4.78, 5) is 0. The zero-order chi connectivity index (χ0) is 14.4. The molecule has 0 spiro atoms. The predicted molar refractivity (Wildman–Crippen MR) is 71.6 cm³/mol. The second kappa shape index (κ2) is 7.32. The van der Waals surface area contributed by atoms with Gasteiger partial charge in [0.2, 0.25) is 5.16 Å². The van der Waals surface area contributed by atoms with Gasteiger partial charge in [0.15, 0.2) is 6.29 Å². The van der Waals surface area contributed by atoms with Crippen LogP contribution in [0.25, 0.3) is 0 Å². The van der Waals surface area contributed by atoms with Crippen LogP contribution in [-0.4, -0.2) is 40.7 Å². The van der Waals surface area contributed by atoms with Crippen LogP contribution in [0, 0.1) is 5.82 Å². The van der Waals surface area contributed by atoms with Crippen molar-refractivity contribution in [3.05, 3.63) is 35.6 Å². The SMILES string of the molecule is COC(Cn1nnnc1SCc1ccccc1F)OC. The summed E-state index contributed by atoms with van der Waals surface area (Å²) in [5.74, 6) is 0.225. The molecule has 0 fully saturated rings. The number of tetrazole rings is 1. The fraction of sp³-hybridized carbons (Fsp3) is 0.417. The van der Waals surface area contributed by atoms with Gasteiger partial charge in [0.25, 0.3) is 0 Å². The zero-order valence-electron chi connectivity index (χ0n) is 11.2. The molecule has 8 heteroatoms. The third kappa shape index (κ3) is 3.75. The van der Waals surface area contributed by atoms with E-state index in [-0.39, 0.29) is 5.82 Å². The summed E-state index contributed by atoms with van der Waals surface area (Å²) in [6, 6.07) is 6.64. The lowest BCUT2D eigenvalue weighted by Gasteiger charge is -2.13. The third-order valence-corrected chi connectivity index (χ3v) is 3.67. The molecule has 0 N–H and O–H groups in total. The van der Waals surface area contributed by atoms with Crippen LogP contribution in [0.1, 0.15) is 5.56 Å². The monoisotopic (exact) mass is 298 g/mol. The molecule has 1 heterocycles. The molecule has 0 atom stereocenters. The average Bonchev–Trinajstić information content (AvgIpc) is 2.91. The molecule has 0 aliphatic heterocycles. The number of nitrogens with zero attached hydrogens (tertiary/aromatic N) is 4. The van der Waals surface area contributed by atoms with Crippen molar-refractivity contribution in [2.24, 2.45) is 0 Å². The molecule has 0 aliphatic rings. The Morgan fingerprint density at radius 2 is 2.05 bits per heavy atom. The minimum Gasteiger partial charge on any atom is -0.354 e. The van der Waals surface area contributed by atoms with Crippen LogP contribution in [0.3, 0.4) is 0 Å². The van der Waals surface area contributed by atoms with Gasteiger partial charge in [-0.1, -0.05) is 30.0 Å². The Bertz CT molecular complexity index is 548. The maximum atomic E-state index is 13.5. The Kier molecular flexibility index (Phi) is 5.45. The fourth-order valence-electron chi connectivity index (χ4n) is 1.56. The molecule has 0 bridgehead atoms. The lowest BCUT2D eigenvalue weighted by Crippen LogP contribution is -2.21. The van der Waals surface area contributed by atoms with E-state index in [4.69, 9.17) is 9.47 Å². The van der Waals surface area contributed by atoms with Crippen molar-refractivity contribution < 1.29 is 13.9 Å². The van der Waals surface area contributed by atoms with Gasteiger partial charge in [0, 0.05) is 20.0 Å². The molecule has 20 heavy (non-hydrogen) atoms. The van der Waals surface area contributed by atoms with E-state index in [9.17, 15) is 4.39 Å². The summed E-state index contributed by atoms with van der Waals surface area (Å²) in [6.45, 7) is 0.375. The van der Waals surface area contributed by atoms with Gasteiger partial charge in [-0.15, -0.1) is 5.10 Å². The summed E-state index contributed by atoms with van der Waals surface area (Å²) < 4.78 is 25.3. The molecule has 2 aromatic rings. The first-order chi connectivity index (χ1) is 9.74. The Balaban J connectivity index is 2.00. The van der Waals surface area contributed by atoms with Crippen molar-refractivity contribution >= 4 is 11.8 Å². The van der Waals surface area contributed by atoms with Crippen molar-refractivity contribution in [1.29, 1.82) is 0 Å². The summed E-state index contributed by atoms with van der Waals surface area (Å²) >= 11 is 1.36. The van der Waals surface area contributed by atoms with E-state index < -0.39 is 6.29 Å². The molecule has 6 nitrogen and oxygen atoms in total. The van der Waals surface area contributed by atoms with Crippen LogP contribution in [0.2, 0.25) is 0 Å². The smallest absolute Gasteiger partial charge is 0.209 e. The number of halogens is 1. The first-order valence-electron chi connectivity index (χ1n) is 5.92. The van der Waals surface area contributed by atoms with Crippen LogP contribution >= 0.6 is 11.8 Å². The lowest BCUT2D eigenvalue weighted by atomic mass is 10.2. The topological polar surface area (TPSA) is 62.1 Å². The highest BCUT2D eigenvalue weighted by Crippen LogP contribution is 2.21. The van der Waals surface area contributed by atoms with E-state index in [1.165, 1.54) is 17.8 Å². The molecular weight excluding hydrogens is 283 g/mol. The molecule has 0 saturated heterocycles. The predicted octanol–water partition coefficient (Wildman–Crippen LogP) is 1.72. The second-order valence-corrected chi connectivity index (χ2v) is 4.87. The largest absolute Gasteiger partial charge is 0.354 e. The molecule has 1 aromatic carbocycles. The quantitative estimate of drug-likeness (QED) is 0.573. The van der Waals surface area contributed by atoms with Crippen LogP contribution in [0.5, 0.6) is 0 Å². The molecule has 0 unspecified atom stereocenters. The van der Waals surface area contributed by atoms with Crippen LogP contribution < -0.4 is 0 Å². The van der Waals surface area contributed by atoms with E-state index >= 15 is 0 Å². The van der Waals surface area contributed by atoms with Crippen molar-refractivity contribution in [2.75, 3.05) is 14.2 Å². The molecule has 0 saturated carbocycles. The van der Waals surface area contributed by atoms with Gasteiger partial charge in [0.05, 0.1) is 6.54 Å². The van der Waals surface area contributed by atoms with E-state index in [0.717, 1.165) is 0 Å². The van der Waals surface area contributed by atoms with E-state index in [2.05, 4.69) is 15.5 Å². The summed E-state index contributed by atoms with van der Waals surface area (Å²) in [5, 5.41) is 12.0. The Hall–Kier alpha value is -1.51. The maximum Gasteiger partial charge on any atom is 0.209 e. The number of rotatable bonds is 7. The van der Waals surface area contributed by atoms with Crippen molar-refractivity contribution in [2.45, 2.75) is 23.7 Å². The first kappa shape index (κ1) is 14.9. The fourth-order valence-corrected chi connectivity index (χ4v) is 2.43. The van der Waals surface area contributed by atoms with Crippen molar-refractivity contribution in [1.82, 2.24) is 20.2 Å². The average molecular weight is 298 g/mol. The molecule has 0 amide bonds. The molecule has 108 valence electrons. The Morgan fingerprint density at radius 1 is 1.30 bits per heavy atom. The maximum absolute atomic E-state index is 13.5. The van der Waals surface area contributed by atoms with Gasteiger partial charge < -0.3 is 9.47 Å². The van der Waals surface area contributed by atoms with E-state index in [1.807, 2.05) is 0 Å². The number of benzene rings is 1. The molecular formula is C12H15FN4O2S. The Labute approximate surface area is 120 Å². The summed E-state index contributed by atoms with van der Waals surface area (Å²) in [7, 11) is 3.09. The highest BCUT2D eigenvalue weighted by Gasteiger charge is 2.13. The zero-order valence-corrected chi connectivity index (χ0v) is 12.0. The lowest BCUT2D eigenvalue weighted by molar-refractivity contribution is -0.113. The summed E-state index contributed by atoms with van der Waals surface area (Å²) in [6.07, 6.45) is -0.425. The highest BCUT2D eigenvalue weighted by molar-refractivity contribution is 7.98. The molecule has 0 radical (unpaired) electrons. The number of ether oxygens (including phenoxy) is 2. The van der Waals surface area contributed by atoms with Crippen LogP contribution in [0.15, 0.2) is 29.4 Å². The number of aromatic nitrogens is 4. The first-order valence-corrected chi connectivity index (χ1v) is 6.91. The minimum atomic E-state index is -0.425. The second-order valence-electron chi connectivity index (χ2n) is 3.92. The van der Waals surface area contributed by atoms with Gasteiger partial charge in [-0.25, -0.2) is 9.07 Å². The third-order valence-electron chi connectivity index (χ3n) is 2.66. The number of thioether (sulfide) groups is 1. The van der Waals surface area contributed by atoms with Crippen LogP contribution in [0.4, 0.5) is 4.39 Å². The van der Waals surface area contributed by atoms with Gasteiger partial charge in [-0.3, -0.25) is 0 Å². The molecule has 1 aromatic heterocycles. The minimum absolute atomic E-state index is 0.231. The van der Waals surface area contributed by atoms with Crippen molar-refractivity contribution in [3.63, 3.8) is 0 Å². The van der Waals surface area contributed by atoms with E-state index in [1.54, 1.807) is 37.1 Å². The molecule has 2 rings (SSSR count). The van der Waals surface area contributed by atoms with Gasteiger partial charge >= 0.3 is 0 Å². The van der Waals surface area contributed by atoms with E-state index in [0.29, 0.717) is 23.0 Å². The van der Waals surface area contributed by atoms with Gasteiger partial charge in [-0.05, 0) is 22.1 Å². The summed E-state index contributed by atoms with van der Waals surface area (Å²) in [5.41, 5.74) is 0.613. The van der Waals surface area contributed by atoms with Crippen molar-refractivity contribution in [3.8, 4) is 0 Å². The normalized spacial score (nSPS) is 11.2. The van der Waals surface area contributed by atoms with Gasteiger partial charge in [-0.2, -0.15) is 0 Å². The standard InChI is InChI=1S/C12H15FN4O2S/c1-18-11(19-2)7-17-12(14-15-16-17)20-8-9-5-3-4-6-10(9)13/h3-6,11H,7-8H2,1-2H3. The number of hydrogen-bond donors (Lipinski definition) is 0. The Morgan fingerprint density at radius 3 is 2.75 bits per heavy atom. The number of hydrogen-bond acceptors (Lipinski definition) is 6. The molecule has 0 aliphatic carbocycles. The van der Waals surface area contributed by atoms with Crippen LogP contribution in [-0.2, 0) is 21.8 Å².